The first-order chi connectivity index (χ1) is 8.20. The zero-order valence-corrected chi connectivity index (χ0v) is 11.1. The van der Waals surface area contributed by atoms with E-state index < -0.39 is 0 Å². The van der Waals surface area contributed by atoms with Crippen LogP contribution in [0.4, 0.5) is 0 Å². The molecule has 0 aromatic rings. The van der Waals surface area contributed by atoms with Crippen molar-refractivity contribution in [1.29, 1.82) is 0 Å². The SMILES string of the molecule is CCC1CN(C)CCCN1C(=O)CNC1CC1. The van der Waals surface area contributed by atoms with E-state index >= 15 is 0 Å². The molecule has 0 bridgehead atoms. The Kier molecular flexibility index (Phi) is 4.40. The Hall–Kier alpha value is -0.610. The highest BCUT2D eigenvalue weighted by atomic mass is 16.2. The van der Waals surface area contributed by atoms with Crippen molar-refractivity contribution < 1.29 is 4.79 Å². The summed E-state index contributed by atoms with van der Waals surface area (Å²) in [4.78, 5) is 16.6. The van der Waals surface area contributed by atoms with Crippen molar-refractivity contribution in [2.45, 2.75) is 44.7 Å². The molecule has 1 amide bonds. The second kappa shape index (κ2) is 5.83. The lowest BCUT2D eigenvalue weighted by atomic mass is 10.2. The molecule has 0 radical (unpaired) electrons. The number of amides is 1. The quantitative estimate of drug-likeness (QED) is 0.784. The average molecular weight is 239 g/mol. The van der Waals surface area contributed by atoms with Crippen LogP contribution in [0.1, 0.15) is 32.6 Å². The number of rotatable bonds is 4. The van der Waals surface area contributed by atoms with E-state index in [0.29, 0.717) is 24.5 Å². The van der Waals surface area contributed by atoms with Crippen molar-refractivity contribution in [2.75, 3.05) is 33.2 Å². The van der Waals surface area contributed by atoms with Gasteiger partial charge < -0.3 is 15.1 Å². The zero-order valence-electron chi connectivity index (χ0n) is 11.1. The van der Waals surface area contributed by atoms with Crippen molar-refractivity contribution in [1.82, 2.24) is 15.1 Å². The van der Waals surface area contributed by atoms with Gasteiger partial charge in [-0.25, -0.2) is 0 Å². The first-order valence-electron chi connectivity index (χ1n) is 6.92. The molecule has 1 unspecified atom stereocenters. The van der Waals surface area contributed by atoms with Crippen molar-refractivity contribution in [3.63, 3.8) is 0 Å². The fourth-order valence-electron chi connectivity index (χ4n) is 2.54. The first kappa shape index (κ1) is 12.8. The Labute approximate surface area is 104 Å². The summed E-state index contributed by atoms with van der Waals surface area (Å²) < 4.78 is 0. The number of nitrogens with zero attached hydrogens (tertiary/aromatic N) is 2. The number of hydrogen-bond donors (Lipinski definition) is 1. The van der Waals surface area contributed by atoms with Crippen LogP contribution in [-0.4, -0.2) is 61.0 Å². The standard InChI is InChI=1S/C13H25N3O/c1-3-12-10-15(2)7-4-8-16(12)13(17)9-14-11-5-6-11/h11-12,14H,3-10H2,1-2H3. The number of carbonyl (C=O) groups excluding carboxylic acids is 1. The molecule has 0 aromatic carbocycles. The molecule has 2 fully saturated rings. The van der Waals surface area contributed by atoms with Gasteiger partial charge in [-0.3, -0.25) is 4.79 Å². The predicted octanol–water partition coefficient (Wildman–Crippen LogP) is 0.681. The Morgan fingerprint density at radius 2 is 2.12 bits per heavy atom. The van der Waals surface area contributed by atoms with Gasteiger partial charge in [0.1, 0.15) is 0 Å². The molecule has 1 N–H and O–H groups in total. The Balaban J connectivity index is 1.87. The van der Waals surface area contributed by atoms with E-state index in [-0.39, 0.29) is 0 Å². The number of hydrogen-bond acceptors (Lipinski definition) is 3. The van der Waals surface area contributed by atoms with Crippen LogP contribution in [0.5, 0.6) is 0 Å². The second-order valence-corrected chi connectivity index (χ2v) is 5.42. The van der Waals surface area contributed by atoms with Crippen LogP contribution in [0.15, 0.2) is 0 Å². The van der Waals surface area contributed by atoms with Crippen LogP contribution in [-0.2, 0) is 4.79 Å². The molecule has 0 aromatic heterocycles. The van der Waals surface area contributed by atoms with Crippen molar-refractivity contribution in [3.8, 4) is 0 Å². The third-order valence-electron chi connectivity index (χ3n) is 3.81. The number of likely N-dealkylation sites (N-methyl/N-ethyl adjacent to an activating group) is 1. The van der Waals surface area contributed by atoms with Gasteiger partial charge in [0.05, 0.1) is 6.54 Å². The number of carbonyl (C=O) groups is 1. The molecule has 1 atom stereocenters. The van der Waals surface area contributed by atoms with Crippen molar-refractivity contribution in [3.05, 3.63) is 0 Å². The Morgan fingerprint density at radius 3 is 2.76 bits per heavy atom. The van der Waals surface area contributed by atoms with E-state index in [4.69, 9.17) is 0 Å². The van der Waals surface area contributed by atoms with Crippen LogP contribution in [0, 0.1) is 0 Å². The predicted molar refractivity (Wildman–Crippen MR) is 68.9 cm³/mol. The van der Waals surface area contributed by atoms with Gasteiger partial charge >= 0.3 is 0 Å². The molecule has 1 saturated heterocycles. The Morgan fingerprint density at radius 1 is 1.35 bits per heavy atom. The molecule has 4 heteroatoms. The molecule has 1 aliphatic carbocycles. The molecule has 17 heavy (non-hydrogen) atoms. The van der Waals surface area contributed by atoms with Crippen LogP contribution >= 0.6 is 0 Å². The van der Waals surface area contributed by atoms with E-state index in [1.807, 2.05) is 0 Å². The van der Waals surface area contributed by atoms with Gasteiger partial charge in [-0.05, 0) is 39.3 Å². The summed E-state index contributed by atoms with van der Waals surface area (Å²) in [7, 11) is 2.15. The minimum absolute atomic E-state index is 0.291. The topological polar surface area (TPSA) is 35.6 Å². The minimum Gasteiger partial charge on any atom is -0.337 e. The maximum atomic E-state index is 12.2. The van der Waals surface area contributed by atoms with Crippen molar-refractivity contribution >= 4 is 5.91 Å². The molecule has 0 spiro atoms. The van der Waals surface area contributed by atoms with E-state index in [1.54, 1.807) is 0 Å². The van der Waals surface area contributed by atoms with Crippen LogP contribution in [0.3, 0.4) is 0 Å². The van der Waals surface area contributed by atoms with E-state index in [2.05, 4.69) is 29.1 Å². The maximum Gasteiger partial charge on any atom is 0.236 e. The maximum absolute atomic E-state index is 12.2. The molecular weight excluding hydrogens is 214 g/mol. The summed E-state index contributed by atoms with van der Waals surface area (Å²) in [5.74, 6) is 0.291. The third-order valence-corrected chi connectivity index (χ3v) is 3.81. The normalized spacial score (nSPS) is 26.9. The first-order valence-corrected chi connectivity index (χ1v) is 6.92. The van der Waals surface area contributed by atoms with Gasteiger partial charge in [0.25, 0.3) is 0 Å². The molecule has 2 aliphatic rings. The lowest BCUT2D eigenvalue weighted by molar-refractivity contribution is -0.132. The molecular formula is C13H25N3O. The van der Waals surface area contributed by atoms with Crippen molar-refractivity contribution in [2.24, 2.45) is 0 Å². The summed E-state index contributed by atoms with van der Waals surface area (Å²) in [5.41, 5.74) is 0. The summed E-state index contributed by atoms with van der Waals surface area (Å²) in [6, 6.07) is 1.02. The van der Waals surface area contributed by atoms with Crippen LogP contribution in [0.25, 0.3) is 0 Å². The molecule has 1 aliphatic heterocycles. The fraction of sp³-hybridized carbons (Fsp3) is 0.923. The van der Waals surface area contributed by atoms with Crippen LogP contribution in [0.2, 0.25) is 0 Å². The molecule has 98 valence electrons. The molecule has 1 saturated carbocycles. The zero-order chi connectivity index (χ0) is 12.3. The molecule has 1 heterocycles. The van der Waals surface area contributed by atoms with Gasteiger partial charge in [0, 0.05) is 25.2 Å². The van der Waals surface area contributed by atoms with E-state index in [0.717, 1.165) is 32.5 Å². The Bertz CT molecular complexity index is 265. The third kappa shape index (κ3) is 3.68. The van der Waals surface area contributed by atoms with Gasteiger partial charge in [-0.15, -0.1) is 0 Å². The summed E-state index contributed by atoms with van der Waals surface area (Å²) in [5, 5.41) is 3.33. The highest BCUT2D eigenvalue weighted by molar-refractivity contribution is 5.78. The fourth-order valence-corrected chi connectivity index (χ4v) is 2.54. The summed E-state index contributed by atoms with van der Waals surface area (Å²) in [6.07, 6.45) is 4.64. The lowest BCUT2D eigenvalue weighted by Crippen LogP contribution is -2.47. The smallest absolute Gasteiger partial charge is 0.236 e. The molecule has 2 rings (SSSR count). The van der Waals surface area contributed by atoms with Gasteiger partial charge in [-0.1, -0.05) is 6.92 Å². The summed E-state index contributed by atoms with van der Waals surface area (Å²) in [6.45, 7) is 5.76. The van der Waals surface area contributed by atoms with Crippen LogP contribution < -0.4 is 5.32 Å². The minimum atomic E-state index is 0.291. The van der Waals surface area contributed by atoms with Gasteiger partial charge in [0.15, 0.2) is 0 Å². The van der Waals surface area contributed by atoms with Gasteiger partial charge in [0.2, 0.25) is 5.91 Å². The monoisotopic (exact) mass is 239 g/mol. The number of nitrogens with one attached hydrogen (secondary N) is 1. The average Bonchev–Trinajstić information content (AvgIpc) is 3.12. The lowest BCUT2D eigenvalue weighted by Gasteiger charge is -2.30. The molecule has 4 nitrogen and oxygen atoms in total. The van der Waals surface area contributed by atoms with Gasteiger partial charge in [-0.2, -0.15) is 0 Å². The van der Waals surface area contributed by atoms with E-state index in [9.17, 15) is 4.79 Å². The highest BCUT2D eigenvalue weighted by Gasteiger charge is 2.27. The largest absolute Gasteiger partial charge is 0.337 e. The summed E-state index contributed by atoms with van der Waals surface area (Å²) >= 11 is 0. The van der Waals surface area contributed by atoms with E-state index in [1.165, 1.54) is 12.8 Å². The highest BCUT2D eigenvalue weighted by Crippen LogP contribution is 2.18. The second-order valence-electron chi connectivity index (χ2n) is 5.42.